The van der Waals surface area contributed by atoms with Crippen LogP contribution in [0.4, 0.5) is 23.0 Å². The molecule has 0 aliphatic carbocycles. The minimum absolute atomic E-state index is 0.0547. The first-order valence-electron chi connectivity index (χ1n) is 6.66. The van der Waals surface area contributed by atoms with Crippen molar-refractivity contribution in [2.24, 2.45) is 7.05 Å². The van der Waals surface area contributed by atoms with E-state index in [2.05, 4.69) is 20.7 Å². The maximum atomic E-state index is 11.0. The Balaban J connectivity index is 1.91. The number of nitrogens with one attached hydrogen (secondary N) is 2. The highest BCUT2D eigenvalue weighted by molar-refractivity contribution is 5.59. The molecule has 11 heteroatoms. The lowest BCUT2D eigenvalue weighted by Crippen LogP contribution is -2.16. The first-order chi connectivity index (χ1) is 10.9. The average molecular weight is 321 g/mol. The van der Waals surface area contributed by atoms with Gasteiger partial charge in [-0.25, -0.2) is 9.67 Å². The van der Waals surface area contributed by atoms with Gasteiger partial charge in [-0.05, 0) is 13.0 Å². The number of nitro groups is 2. The van der Waals surface area contributed by atoms with Crippen molar-refractivity contribution in [2.75, 3.05) is 23.7 Å². The summed E-state index contributed by atoms with van der Waals surface area (Å²) in [7, 11) is 1.62. The van der Waals surface area contributed by atoms with Crippen LogP contribution in [-0.2, 0) is 7.05 Å². The summed E-state index contributed by atoms with van der Waals surface area (Å²) < 4.78 is 1.41. The Kier molecular flexibility index (Phi) is 4.69. The van der Waals surface area contributed by atoms with E-state index in [4.69, 9.17) is 0 Å². The van der Waals surface area contributed by atoms with Crippen LogP contribution in [0.5, 0.6) is 0 Å². The molecule has 0 unspecified atom stereocenters. The fraction of sp³-hybridized carbons (Fsp3) is 0.333. The minimum atomic E-state index is -0.526. The smallest absolute Gasteiger partial charge is 0.333 e. The molecule has 0 bridgehead atoms. The summed E-state index contributed by atoms with van der Waals surface area (Å²) in [5.74, 6) is 0.805. The number of hydrogen-bond acceptors (Lipinski definition) is 8. The van der Waals surface area contributed by atoms with Crippen molar-refractivity contribution in [2.45, 2.75) is 6.92 Å². The Morgan fingerprint density at radius 3 is 2.43 bits per heavy atom. The van der Waals surface area contributed by atoms with E-state index in [0.717, 1.165) is 6.20 Å². The number of anilines is 2. The Bertz CT molecular complexity index is 726. The number of aromatic nitrogens is 3. The number of nitrogens with zero attached hydrogens (tertiary/aromatic N) is 5. The standard InChI is InChI=1S/C12H15N7O4/c1-8-11(19(22)23)12(17(2)16-8)14-6-5-13-10-4-3-9(7-15-10)18(20)21/h3-4,7,14H,5-6H2,1-2H3,(H,13,15). The maximum absolute atomic E-state index is 11.0. The van der Waals surface area contributed by atoms with Crippen molar-refractivity contribution in [3.63, 3.8) is 0 Å². The van der Waals surface area contributed by atoms with E-state index in [1.54, 1.807) is 14.0 Å². The summed E-state index contributed by atoms with van der Waals surface area (Å²) in [5, 5.41) is 31.5. The number of pyridine rings is 1. The van der Waals surface area contributed by atoms with Gasteiger partial charge in [-0.15, -0.1) is 0 Å². The van der Waals surface area contributed by atoms with Gasteiger partial charge in [-0.2, -0.15) is 5.10 Å². The number of aryl methyl sites for hydroxylation is 2. The summed E-state index contributed by atoms with van der Waals surface area (Å²) in [6.45, 7) is 2.38. The van der Waals surface area contributed by atoms with Crippen molar-refractivity contribution in [1.29, 1.82) is 0 Å². The van der Waals surface area contributed by atoms with Crippen molar-refractivity contribution in [3.05, 3.63) is 44.3 Å². The molecule has 122 valence electrons. The van der Waals surface area contributed by atoms with Crippen LogP contribution in [-0.4, -0.2) is 37.7 Å². The van der Waals surface area contributed by atoms with E-state index in [-0.39, 0.29) is 11.4 Å². The zero-order chi connectivity index (χ0) is 17.0. The first-order valence-corrected chi connectivity index (χ1v) is 6.66. The van der Waals surface area contributed by atoms with Gasteiger partial charge in [-0.3, -0.25) is 20.2 Å². The monoisotopic (exact) mass is 321 g/mol. The van der Waals surface area contributed by atoms with E-state index in [9.17, 15) is 20.2 Å². The third-order valence-corrected chi connectivity index (χ3v) is 3.06. The molecule has 0 aromatic carbocycles. The van der Waals surface area contributed by atoms with Crippen LogP contribution in [0.2, 0.25) is 0 Å². The molecule has 2 aromatic rings. The molecule has 0 fully saturated rings. The largest absolute Gasteiger partial charge is 0.368 e. The number of hydrogen-bond donors (Lipinski definition) is 2. The Morgan fingerprint density at radius 2 is 1.87 bits per heavy atom. The molecule has 0 aliphatic heterocycles. The average Bonchev–Trinajstić information content (AvgIpc) is 2.78. The molecule has 2 aromatic heterocycles. The van der Waals surface area contributed by atoms with Crippen molar-refractivity contribution < 1.29 is 9.85 Å². The minimum Gasteiger partial charge on any atom is -0.368 e. The quantitative estimate of drug-likeness (QED) is 0.443. The second-order valence-corrected chi connectivity index (χ2v) is 4.68. The molecule has 2 rings (SSSR count). The summed E-state index contributed by atoms with van der Waals surface area (Å²) in [4.78, 5) is 24.5. The van der Waals surface area contributed by atoms with E-state index in [0.29, 0.717) is 30.4 Å². The van der Waals surface area contributed by atoms with Gasteiger partial charge in [-0.1, -0.05) is 0 Å². The second-order valence-electron chi connectivity index (χ2n) is 4.68. The summed E-state index contributed by atoms with van der Waals surface area (Å²) in [5.41, 5.74) is 0.195. The first kappa shape index (κ1) is 16.1. The summed E-state index contributed by atoms with van der Waals surface area (Å²) >= 11 is 0. The molecule has 2 heterocycles. The molecular weight excluding hydrogens is 306 g/mol. The lowest BCUT2D eigenvalue weighted by molar-refractivity contribution is -0.385. The second kappa shape index (κ2) is 6.68. The molecule has 2 N–H and O–H groups in total. The highest BCUT2D eigenvalue weighted by Gasteiger charge is 2.23. The molecule has 0 atom stereocenters. The third kappa shape index (κ3) is 3.70. The fourth-order valence-electron chi connectivity index (χ4n) is 2.03. The van der Waals surface area contributed by atoms with Gasteiger partial charge in [0.25, 0.3) is 5.69 Å². The Labute approximate surface area is 130 Å². The predicted molar refractivity (Wildman–Crippen MR) is 82.5 cm³/mol. The van der Waals surface area contributed by atoms with Gasteiger partial charge in [0.1, 0.15) is 17.7 Å². The van der Waals surface area contributed by atoms with Crippen molar-refractivity contribution in [3.8, 4) is 0 Å². The van der Waals surface area contributed by atoms with E-state index >= 15 is 0 Å². The van der Waals surface area contributed by atoms with Crippen LogP contribution in [0.3, 0.4) is 0 Å². The van der Waals surface area contributed by atoms with Gasteiger partial charge in [0.2, 0.25) is 5.82 Å². The van der Waals surface area contributed by atoms with Crippen LogP contribution < -0.4 is 10.6 Å². The molecule has 0 saturated heterocycles. The maximum Gasteiger partial charge on any atom is 0.333 e. The molecule has 23 heavy (non-hydrogen) atoms. The molecule has 0 aliphatic rings. The SMILES string of the molecule is Cc1nn(C)c(NCCNc2ccc([N+](=O)[O-])cn2)c1[N+](=O)[O-]. The van der Waals surface area contributed by atoms with Crippen LogP contribution >= 0.6 is 0 Å². The van der Waals surface area contributed by atoms with Crippen LogP contribution in [0.15, 0.2) is 18.3 Å². The van der Waals surface area contributed by atoms with Crippen LogP contribution in [0.1, 0.15) is 5.69 Å². The molecule has 0 spiro atoms. The number of rotatable bonds is 7. The van der Waals surface area contributed by atoms with Crippen molar-refractivity contribution in [1.82, 2.24) is 14.8 Å². The highest BCUT2D eigenvalue weighted by atomic mass is 16.6. The highest BCUT2D eigenvalue weighted by Crippen LogP contribution is 2.26. The third-order valence-electron chi connectivity index (χ3n) is 3.06. The lowest BCUT2D eigenvalue weighted by atomic mass is 10.4. The zero-order valence-electron chi connectivity index (χ0n) is 12.5. The van der Waals surface area contributed by atoms with Crippen LogP contribution in [0, 0.1) is 27.2 Å². The summed E-state index contributed by atoms with van der Waals surface area (Å²) in [6, 6.07) is 2.84. The fourth-order valence-corrected chi connectivity index (χ4v) is 2.03. The van der Waals surface area contributed by atoms with E-state index < -0.39 is 9.85 Å². The van der Waals surface area contributed by atoms with Gasteiger partial charge in [0, 0.05) is 26.2 Å². The topological polar surface area (TPSA) is 141 Å². The zero-order valence-corrected chi connectivity index (χ0v) is 12.5. The normalized spacial score (nSPS) is 10.3. The van der Waals surface area contributed by atoms with E-state index in [1.807, 2.05) is 0 Å². The van der Waals surface area contributed by atoms with Gasteiger partial charge < -0.3 is 10.6 Å². The molecule has 11 nitrogen and oxygen atoms in total. The van der Waals surface area contributed by atoms with Crippen LogP contribution in [0.25, 0.3) is 0 Å². The van der Waals surface area contributed by atoms with Gasteiger partial charge in [0.05, 0.1) is 9.85 Å². The Morgan fingerprint density at radius 1 is 1.17 bits per heavy atom. The van der Waals surface area contributed by atoms with Gasteiger partial charge in [0.15, 0.2) is 0 Å². The summed E-state index contributed by atoms with van der Waals surface area (Å²) in [6.07, 6.45) is 1.16. The lowest BCUT2D eigenvalue weighted by Gasteiger charge is -2.08. The molecule has 0 saturated carbocycles. The Hall–Kier alpha value is -3.24. The van der Waals surface area contributed by atoms with E-state index in [1.165, 1.54) is 16.8 Å². The molecule has 0 amide bonds. The van der Waals surface area contributed by atoms with Crippen molar-refractivity contribution >= 4 is 23.0 Å². The molecule has 0 radical (unpaired) electrons. The van der Waals surface area contributed by atoms with Gasteiger partial charge >= 0.3 is 5.69 Å². The molecular formula is C12H15N7O4. The predicted octanol–water partition coefficient (Wildman–Crippen LogP) is 1.46.